The number of anilines is 3. The number of carbonyl (C=O) groups excluding carboxylic acids is 2. The molecule has 1 aromatic heterocycles. The first kappa shape index (κ1) is 21.2. The molecule has 2 aliphatic rings. The number of likely N-dealkylation sites (tertiary alicyclic amines) is 1. The van der Waals surface area contributed by atoms with E-state index in [9.17, 15) is 14.0 Å². The van der Waals surface area contributed by atoms with E-state index in [2.05, 4.69) is 65.6 Å². The third-order valence-electron chi connectivity index (χ3n) is 6.38. The second-order valence-electron chi connectivity index (χ2n) is 9.49. The predicted molar refractivity (Wildman–Crippen MR) is 116 cm³/mol. The van der Waals surface area contributed by atoms with Gasteiger partial charge in [-0.15, -0.1) is 0 Å². The van der Waals surface area contributed by atoms with E-state index in [0.29, 0.717) is 11.3 Å². The van der Waals surface area contributed by atoms with Gasteiger partial charge in [0.25, 0.3) is 11.8 Å². The van der Waals surface area contributed by atoms with Gasteiger partial charge in [0, 0.05) is 22.8 Å². The maximum absolute atomic E-state index is 14.5. The van der Waals surface area contributed by atoms with Crippen molar-refractivity contribution in [3.63, 3.8) is 0 Å². The molecule has 0 aliphatic carbocycles. The van der Waals surface area contributed by atoms with E-state index >= 15 is 0 Å². The van der Waals surface area contributed by atoms with Crippen molar-refractivity contribution >= 4 is 29.3 Å². The lowest BCUT2D eigenvalue weighted by Crippen LogP contribution is -2.61. The van der Waals surface area contributed by atoms with E-state index in [1.54, 1.807) is 18.2 Å². The van der Waals surface area contributed by atoms with Crippen LogP contribution in [-0.2, 0) is 0 Å². The maximum atomic E-state index is 14.5. The summed E-state index contributed by atoms with van der Waals surface area (Å²) in [6, 6.07) is 4.81. The number of benzene rings is 1. The van der Waals surface area contributed by atoms with Crippen LogP contribution in [0, 0.1) is 5.82 Å². The Kier molecular flexibility index (Phi) is 4.96. The first-order valence-corrected chi connectivity index (χ1v) is 10.3. The Morgan fingerprint density at radius 1 is 1.10 bits per heavy atom. The van der Waals surface area contributed by atoms with Crippen molar-refractivity contribution in [1.82, 2.24) is 20.2 Å². The number of imide groups is 1. The van der Waals surface area contributed by atoms with Gasteiger partial charge in [0.2, 0.25) is 5.95 Å². The highest BCUT2D eigenvalue weighted by Crippen LogP contribution is 2.38. The molecule has 1 saturated heterocycles. The summed E-state index contributed by atoms with van der Waals surface area (Å²) in [6.45, 7) is 8.72. The average Bonchev–Trinajstić information content (AvgIpc) is 2.95. The van der Waals surface area contributed by atoms with E-state index in [1.165, 1.54) is 0 Å². The molecule has 0 unspecified atom stereocenters. The SMILES string of the molecule is CN1C(C)(C)CC(Nc2nc(Nc3ccc4c(c3)C(=O)NC4=O)ncc2F)CC1(C)C. The number of carbonyl (C=O) groups is 2. The number of nitrogens with zero attached hydrogens (tertiary/aromatic N) is 3. The average molecular weight is 426 g/mol. The van der Waals surface area contributed by atoms with E-state index < -0.39 is 17.6 Å². The minimum absolute atomic E-state index is 0.0492. The second kappa shape index (κ2) is 7.26. The zero-order valence-corrected chi connectivity index (χ0v) is 18.3. The van der Waals surface area contributed by atoms with Gasteiger partial charge in [-0.05, 0) is 65.8 Å². The molecule has 0 radical (unpaired) electrons. The van der Waals surface area contributed by atoms with Gasteiger partial charge in [-0.3, -0.25) is 19.8 Å². The fraction of sp³-hybridized carbons (Fsp3) is 0.455. The third-order valence-corrected chi connectivity index (χ3v) is 6.38. The zero-order chi connectivity index (χ0) is 22.6. The maximum Gasteiger partial charge on any atom is 0.259 e. The summed E-state index contributed by atoms with van der Waals surface area (Å²) in [5.74, 6) is -1.06. The molecule has 0 bridgehead atoms. The van der Waals surface area contributed by atoms with Crippen molar-refractivity contribution in [2.24, 2.45) is 0 Å². The van der Waals surface area contributed by atoms with Gasteiger partial charge in [0.05, 0.1) is 17.3 Å². The van der Waals surface area contributed by atoms with Gasteiger partial charge in [-0.1, -0.05) is 0 Å². The van der Waals surface area contributed by atoms with Gasteiger partial charge in [-0.2, -0.15) is 4.98 Å². The van der Waals surface area contributed by atoms with Gasteiger partial charge < -0.3 is 10.6 Å². The van der Waals surface area contributed by atoms with Crippen LogP contribution >= 0.6 is 0 Å². The molecule has 2 amide bonds. The predicted octanol–water partition coefficient (Wildman–Crippen LogP) is 3.31. The van der Waals surface area contributed by atoms with Crippen molar-refractivity contribution in [3.05, 3.63) is 41.3 Å². The van der Waals surface area contributed by atoms with Crippen molar-refractivity contribution in [2.75, 3.05) is 17.7 Å². The lowest BCUT2D eigenvalue weighted by atomic mass is 9.77. The van der Waals surface area contributed by atoms with Crippen LogP contribution in [0.25, 0.3) is 0 Å². The van der Waals surface area contributed by atoms with Crippen LogP contribution in [0.3, 0.4) is 0 Å². The van der Waals surface area contributed by atoms with Crippen LogP contribution in [-0.4, -0.2) is 50.8 Å². The molecule has 2 aliphatic heterocycles. The van der Waals surface area contributed by atoms with Gasteiger partial charge >= 0.3 is 0 Å². The second-order valence-corrected chi connectivity index (χ2v) is 9.49. The fourth-order valence-electron chi connectivity index (χ4n) is 4.57. The fourth-order valence-corrected chi connectivity index (χ4v) is 4.57. The highest BCUT2D eigenvalue weighted by atomic mass is 19.1. The molecule has 4 rings (SSSR count). The molecule has 0 atom stereocenters. The minimum Gasteiger partial charge on any atom is -0.365 e. The van der Waals surface area contributed by atoms with Gasteiger partial charge in [0.15, 0.2) is 11.6 Å². The summed E-state index contributed by atoms with van der Waals surface area (Å²) < 4.78 is 14.5. The number of rotatable bonds is 4. The van der Waals surface area contributed by atoms with Crippen LogP contribution in [0.1, 0.15) is 61.3 Å². The highest BCUT2D eigenvalue weighted by molar-refractivity contribution is 6.21. The molecule has 3 heterocycles. The number of fused-ring (bicyclic) bond motifs is 1. The lowest BCUT2D eigenvalue weighted by Gasteiger charge is -2.53. The monoisotopic (exact) mass is 426 g/mol. The summed E-state index contributed by atoms with van der Waals surface area (Å²) in [6.07, 6.45) is 2.80. The number of hydrogen-bond acceptors (Lipinski definition) is 7. The smallest absolute Gasteiger partial charge is 0.259 e. The molecule has 31 heavy (non-hydrogen) atoms. The Labute approximate surface area is 180 Å². The van der Waals surface area contributed by atoms with Crippen molar-refractivity contribution in [3.8, 4) is 0 Å². The Balaban J connectivity index is 1.54. The number of halogens is 1. The lowest BCUT2D eigenvalue weighted by molar-refractivity contribution is -0.00778. The number of nitrogens with one attached hydrogen (secondary N) is 3. The van der Waals surface area contributed by atoms with Gasteiger partial charge in [-0.25, -0.2) is 9.37 Å². The standard InChI is InChI=1S/C22H27FN6O2/c1-21(2)9-13(10-22(3,4)29(21)5)25-17-16(23)11-24-20(27-17)26-12-6-7-14-15(8-12)19(31)28-18(14)30/h6-8,11,13H,9-10H2,1-5H3,(H,28,30,31)(H2,24,25,26,27). The van der Waals surface area contributed by atoms with Crippen molar-refractivity contribution < 1.29 is 14.0 Å². The van der Waals surface area contributed by atoms with Crippen LogP contribution in [0.5, 0.6) is 0 Å². The summed E-state index contributed by atoms with van der Waals surface area (Å²) >= 11 is 0. The van der Waals surface area contributed by atoms with Crippen LogP contribution in [0.4, 0.5) is 21.8 Å². The molecule has 2 aromatic rings. The Morgan fingerprint density at radius 2 is 1.74 bits per heavy atom. The van der Waals surface area contributed by atoms with Gasteiger partial charge in [0.1, 0.15) is 0 Å². The summed E-state index contributed by atoms with van der Waals surface area (Å²) in [5.41, 5.74) is 1.04. The molecule has 1 fully saturated rings. The highest BCUT2D eigenvalue weighted by Gasteiger charge is 2.43. The first-order chi connectivity index (χ1) is 14.5. The molecular weight excluding hydrogens is 399 g/mol. The van der Waals surface area contributed by atoms with Crippen molar-refractivity contribution in [2.45, 2.75) is 57.7 Å². The molecule has 8 nitrogen and oxygen atoms in total. The van der Waals surface area contributed by atoms with E-state index in [1.807, 2.05) is 0 Å². The molecule has 1 aromatic carbocycles. The van der Waals surface area contributed by atoms with Crippen LogP contribution in [0.15, 0.2) is 24.4 Å². The number of amides is 2. The first-order valence-electron chi connectivity index (χ1n) is 10.3. The Bertz CT molecular complexity index is 1050. The molecule has 3 N–H and O–H groups in total. The van der Waals surface area contributed by atoms with Crippen LogP contribution in [0.2, 0.25) is 0 Å². The van der Waals surface area contributed by atoms with Crippen molar-refractivity contribution in [1.29, 1.82) is 0 Å². The number of piperidine rings is 1. The van der Waals surface area contributed by atoms with Crippen LogP contribution < -0.4 is 16.0 Å². The summed E-state index contributed by atoms with van der Waals surface area (Å²) in [4.78, 5) is 34.3. The summed E-state index contributed by atoms with van der Waals surface area (Å²) in [7, 11) is 2.12. The Morgan fingerprint density at radius 3 is 2.42 bits per heavy atom. The van der Waals surface area contributed by atoms with E-state index in [0.717, 1.165) is 19.0 Å². The normalized spacial score (nSPS) is 20.3. The minimum atomic E-state index is -0.529. The largest absolute Gasteiger partial charge is 0.365 e. The van der Waals surface area contributed by atoms with E-state index in [4.69, 9.17) is 0 Å². The van der Waals surface area contributed by atoms with E-state index in [-0.39, 0.29) is 34.4 Å². The topological polar surface area (TPSA) is 99.2 Å². The molecule has 0 saturated carbocycles. The Hall–Kier alpha value is -3.07. The zero-order valence-electron chi connectivity index (χ0n) is 18.3. The third kappa shape index (κ3) is 3.97. The number of aromatic nitrogens is 2. The molecular formula is C22H27FN6O2. The molecule has 0 spiro atoms. The number of hydrogen-bond donors (Lipinski definition) is 3. The molecule has 164 valence electrons. The molecule has 9 heteroatoms. The summed E-state index contributed by atoms with van der Waals surface area (Å²) in [5, 5.41) is 8.50. The quantitative estimate of drug-likeness (QED) is 0.645.